The average molecular weight is 335 g/mol. The molecule has 23 heavy (non-hydrogen) atoms. The molecule has 0 bridgehead atoms. The normalized spacial score (nSPS) is 10.2. The van der Waals surface area contributed by atoms with Crippen LogP contribution in [0.15, 0.2) is 47.4 Å². The number of amides is 1. The first-order valence-electron chi connectivity index (χ1n) is 7.02. The van der Waals surface area contributed by atoms with Gasteiger partial charge in [0.05, 0.1) is 14.2 Å². The molecule has 2 rings (SSSR count). The van der Waals surface area contributed by atoms with Gasteiger partial charge >= 0.3 is 0 Å². The number of carbonyl (C=O) groups is 1. The summed E-state index contributed by atoms with van der Waals surface area (Å²) in [6.45, 7) is 0. The first-order chi connectivity index (χ1) is 11.1. The minimum atomic E-state index is -0.268. The summed E-state index contributed by atoms with van der Waals surface area (Å²) in [5.74, 6) is 1.27. The van der Waals surface area contributed by atoms with Crippen molar-refractivity contribution in [1.82, 2.24) is 0 Å². The van der Waals surface area contributed by atoms with Crippen LogP contribution in [0.2, 0.25) is 0 Å². The van der Waals surface area contributed by atoms with Crippen LogP contribution < -0.4 is 14.8 Å². The number of carbonyl (C=O) groups excluding carboxylic acids is 1. The van der Waals surface area contributed by atoms with E-state index in [0.717, 1.165) is 0 Å². The molecule has 122 valence electrons. The van der Waals surface area contributed by atoms with Crippen LogP contribution in [0.1, 0.15) is 6.42 Å². The summed E-state index contributed by atoms with van der Waals surface area (Å²) in [7, 11) is 3.09. The van der Waals surface area contributed by atoms with E-state index in [1.807, 2.05) is 0 Å². The third kappa shape index (κ3) is 5.17. The highest BCUT2D eigenvalue weighted by Gasteiger charge is 2.07. The number of methoxy groups -OCH3 is 2. The largest absolute Gasteiger partial charge is 0.497 e. The first-order valence-corrected chi connectivity index (χ1v) is 8.01. The van der Waals surface area contributed by atoms with Crippen LogP contribution in [0.3, 0.4) is 0 Å². The molecule has 1 N–H and O–H groups in total. The molecule has 0 aliphatic rings. The predicted molar refractivity (Wildman–Crippen MR) is 89.9 cm³/mol. The molecule has 1 amide bonds. The highest BCUT2D eigenvalue weighted by Crippen LogP contribution is 2.26. The molecule has 2 aromatic rings. The van der Waals surface area contributed by atoms with Crippen LogP contribution >= 0.6 is 11.8 Å². The van der Waals surface area contributed by atoms with E-state index in [1.165, 1.54) is 17.8 Å². The van der Waals surface area contributed by atoms with E-state index >= 15 is 0 Å². The lowest BCUT2D eigenvalue weighted by Crippen LogP contribution is -2.12. The van der Waals surface area contributed by atoms with Crippen LogP contribution in [0.4, 0.5) is 10.1 Å². The van der Waals surface area contributed by atoms with E-state index in [-0.39, 0.29) is 18.1 Å². The van der Waals surface area contributed by atoms with Crippen molar-refractivity contribution in [2.75, 3.05) is 25.3 Å². The van der Waals surface area contributed by atoms with Gasteiger partial charge in [-0.3, -0.25) is 4.79 Å². The Hall–Kier alpha value is -2.21. The molecule has 4 nitrogen and oxygen atoms in total. The number of hydrogen-bond donors (Lipinski definition) is 1. The topological polar surface area (TPSA) is 47.6 Å². The number of ether oxygens (including phenoxy) is 2. The van der Waals surface area contributed by atoms with Crippen molar-refractivity contribution in [3.05, 3.63) is 48.3 Å². The zero-order valence-electron chi connectivity index (χ0n) is 13.0. The molecule has 0 aliphatic carbocycles. The van der Waals surface area contributed by atoms with Gasteiger partial charge in [-0.25, -0.2) is 4.39 Å². The van der Waals surface area contributed by atoms with E-state index < -0.39 is 0 Å². The number of rotatable bonds is 7. The van der Waals surface area contributed by atoms with Crippen molar-refractivity contribution < 1.29 is 18.7 Å². The van der Waals surface area contributed by atoms with Gasteiger partial charge < -0.3 is 14.8 Å². The summed E-state index contributed by atoms with van der Waals surface area (Å²) in [6.07, 6.45) is 0.276. The van der Waals surface area contributed by atoms with Crippen molar-refractivity contribution in [1.29, 1.82) is 0 Å². The van der Waals surface area contributed by atoms with E-state index in [1.54, 1.807) is 50.6 Å². The molecule has 6 heteroatoms. The highest BCUT2D eigenvalue weighted by atomic mass is 32.2. The molecule has 0 saturated heterocycles. The van der Waals surface area contributed by atoms with Gasteiger partial charge in [0.2, 0.25) is 5.91 Å². The Kier molecular flexibility index (Phi) is 6.29. The smallest absolute Gasteiger partial charge is 0.225 e. The van der Waals surface area contributed by atoms with Crippen molar-refractivity contribution in [2.45, 2.75) is 11.3 Å². The number of hydrogen-bond acceptors (Lipinski definition) is 4. The fraction of sp³-hybridized carbons (Fsp3) is 0.235. The molecule has 0 aromatic heterocycles. The maximum absolute atomic E-state index is 13.5. The van der Waals surface area contributed by atoms with E-state index in [0.29, 0.717) is 27.8 Å². The summed E-state index contributed by atoms with van der Waals surface area (Å²) in [6, 6.07) is 11.7. The summed E-state index contributed by atoms with van der Waals surface area (Å²) in [5, 5.41) is 2.79. The van der Waals surface area contributed by atoms with Crippen LogP contribution in [-0.2, 0) is 4.79 Å². The molecular formula is C17H18FNO3S. The number of nitrogens with one attached hydrogen (secondary N) is 1. The Balaban J connectivity index is 1.88. The maximum Gasteiger partial charge on any atom is 0.225 e. The van der Waals surface area contributed by atoms with Crippen molar-refractivity contribution in [3.8, 4) is 11.5 Å². The van der Waals surface area contributed by atoms with Gasteiger partial charge in [-0.1, -0.05) is 12.1 Å². The fourth-order valence-electron chi connectivity index (χ4n) is 1.92. The Labute approximate surface area is 139 Å². The second kappa shape index (κ2) is 8.43. The standard InChI is InChI=1S/C17H18FNO3S/c1-21-13-9-12(10-14(11-13)22-2)19-17(20)7-8-23-16-6-4-3-5-15(16)18/h3-6,9-11H,7-8H2,1-2H3,(H,19,20). The van der Waals surface area contributed by atoms with E-state index in [4.69, 9.17) is 9.47 Å². The third-order valence-electron chi connectivity index (χ3n) is 3.06. The van der Waals surface area contributed by atoms with Gasteiger partial charge in [-0.15, -0.1) is 11.8 Å². The predicted octanol–water partition coefficient (Wildman–Crippen LogP) is 3.96. The van der Waals surface area contributed by atoms with Gasteiger partial charge in [0.15, 0.2) is 0 Å². The van der Waals surface area contributed by atoms with Gasteiger partial charge in [0.25, 0.3) is 0 Å². The summed E-state index contributed by atoms with van der Waals surface area (Å²) in [5.41, 5.74) is 0.599. The van der Waals surface area contributed by atoms with Gasteiger partial charge in [0.1, 0.15) is 17.3 Å². The second-order valence-corrected chi connectivity index (χ2v) is 5.82. The fourth-order valence-corrected chi connectivity index (χ4v) is 2.81. The quantitative estimate of drug-likeness (QED) is 0.778. The van der Waals surface area contributed by atoms with Gasteiger partial charge in [0, 0.05) is 41.0 Å². The Morgan fingerprint density at radius 2 is 1.78 bits per heavy atom. The Morgan fingerprint density at radius 3 is 2.39 bits per heavy atom. The lowest BCUT2D eigenvalue weighted by molar-refractivity contribution is -0.115. The highest BCUT2D eigenvalue weighted by molar-refractivity contribution is 7.99. The summed E-state index contributed by atoms with van der Waals surface area (Å²) >= 11 is 1.32. The molecule has 0 radical (unpaired) electrons. The molecule has 0 fully saturated rings. The monoisotopic (exact) mass is 335 g/mol. The minimum Gasteiger partial charge on any atom is -0.497 e. The number of benzene rings is 2. The first kappa shape index (κ1) is 17.1. The van der Waals surface area contributed by atoms with Gasteiger partial charge in [-0.2, -0.15) is 0 Å². The molecular weight excluding hydrogens is 317 g/mol. The number of thioether (sulfide) groups is 1. The average Bonchev–Trinajstić information content (AvgIpc) is 2.56. The van der Waals surface area contributed by atoms with Crippen LogP contribution in [-0.4, -0.2) is 25.9 Å². The zero-order chi connectivity index (χ0) is 16.7. The molecule has 2 aromatic carbocycles. The van der Waals surface area contributed by atoms with Crippen molar-refractivity contribution in [2.24, 2.45) is 0 Å². The lowest BCUT2D eigenvalue weighted by Gasteiger charge is -2.10. The molecule has 0 aliphatic heterocycles. The maximum atomic E-state index is 13.5. The third-order valence-corrected chi connectivity index (χ3v) is 4.11. The molecule has 0 saturated carbocycles. The molecule has 0 unspecified atom stereocenters. The molecule has 0 spiro atoms. The molecule has 0 atom stereocenters. The molecule has 0 heterocycles. The van der Waals surface area contributed by atoms with Crippen LogP contribution in [0.25, 0.3) is 0 Å². The van der Waals surface area contributed by atoms with E-state index in [9.17, 15) is 9.18 Å². The minimum absolute atomic E-state index is 0.149. The summed E-state index contributed by atoms with van der Waals surface area (Å²) < 4.78 is 23.8. The van der Waals surface area contributed by atoms with E-state index in [2.05, 4.69) is 5.32 Å². The number of halogens is 1. The van der Waals surface area contributed by atoms with Crippen molar-refractivity contribution in [3.63, 3.8) is 0 Å². The van der Waals surface area contributed by atoms with Gasteiger partial charge in [-0.05, 0) is 12.1 Å². The zero-order valence-corrected chi connectivity index (χ0v) is 13.8. The summed E-state index contributed by atoms with van der Waals surface area (Å²) in [4.78, 5) is 12.5. The Bertz CT molecular complexity index is 656. The van der Waals surface area contributed by atoms with Crippen molar-refractivity contribution >= 4 is 23.4 Å². The lowest BCUT2D eigenvalue weighted by atomic mass is 10.2. The van der Waals surface area contributed by atoms with Crippen LogP contribution in [0.5, 0.6) is 11.5 Å². The SMILES string of the molecule is COc1cc(NC(=O)CCSc2ccccc2F)cc(OC)c1. The second-order valence-electron chi connectivity index (χ2n) is 4.68. The van der Waals surface area contributed by atoms with Crippen LogP contribution in [0, 0.1) is 5.82 Å². The number of anilines is 1. The Morgan fingerprint density at radius 1 is 1.13 bits per heavy atom.